The van der Waals surface area contributed by atoms with Crippen LogP contribution in [0.4, 0.5) is 0 Å². The molecule has 0 bridgehead atoms. The van der Waals surface area contributed by atoms with Gasteiger partial charge in [-0.2, -0.15) is 0 Å². The summed E-state index contributed by atoms with van der Waals surface area (Å²) in [6.07, 6.45) is 0. The lowest BCUT2D eigenvalue weighted by Crippen LogP contribution is -2.42. The zero-order chi connectivity index (χ0) is 21.9. The summed E-state index contributed by atoms with van der Waals surface area (Å²) in [5.74, 6) is 0.211. The third-order valence-electron chi connectivity index (χ3n) is 4.79. The van der Waals surface area contributed by atoms with Gasteiger partial charge in [0.1, 0.15) is 0 Å². The fourth-order valence-electron chi connectivity index (χ4n) is 3.03. The van der Waals surface area contributed by atoms with Crippen LogP contribution in [0.1, 0.15) is 32.6 Å². The van der Waals surface area contributed by atoms with Crippen molar-refractivity contribution in [2.75, 3.05) is 21.3 Å². The van der Waals surface area contributed by atoms with Gasteiger partial charge < -0.3 is 14.2 Å². The summed E-state index contributed by atoms with van der Waals surface area (Å²) >= 11 is 0. The first kappa shape index (κ1) is 22.5. The molecule has 0 saturated carbocycles. The number of sulfonamides is 1. The maximum Gasteiger partial charge on any atom is 0.266 e. The predicted molar refractivity (Wildman–Crippen MR) is 109 cm³/mol. The van der Waals surface area contributed by atoms with E-state index in [-0.39, 0.29) is 22.0 Å². The number of nitrogens with one attached hydrogen (secondary N) is 2. The van der Waals surface area contributed by atoms with Gasteiger partial charge in [-0.25, -0.2) is 8.42 Å². The second-order valence-corrected chi connectivity index (χ2v) is 8.18. The molecule has 0 aliphatic rings. The molecule has 158 valence electrons. The number of rotatable bonds is 7. The molecular formula is C20H26N2O6S. The molecular weight excluding hydrogens is 396 g/mol. The van der Waals surface area contributed by atoms with Crippen LogP contribution >= 0.6 is 0 Å². The summed E-state index contributed by atoms with van der Waals surface area (Å²) in [5.41, 5.74) is 5.34. The highest BCUT2D eigenvalue weighted by Gasteiger charge is 2.24. The molecule has 2 aromatic carbocycles. The number of carbonyl (C=O) groups excluding carboxylic acids is 1. The number of methoxy groups -OCH3 is 3. The predicted octanol–water partition coefficient (Wildman–Crippen LogP) is 2.57. The standard InChI is InChI=1S/C20H26N2O6S/c1-11-8-12(2)14(4)19(13(11)3)29(24,25)22-21-20(23)15-9-16(26-5)18(28-7)17(10-15)27-6/h8-10,22H,1-7H3,(H,21,23). The molecule has 29 heavy (non-hydrogen) atoms. The quantitative estimate of drug-likeness (QED) is 0.665. The molecule has 0 aliphatic heterocycles. The lowest BCUT2D eigenvalue weighted by molar-refractivity contribution is 0.0944. The summed E-state index contributed by atoms with van der Waals surface area (Å²) < 4.78 is 41.4. The zero-order valence-corrected chi connectivity index (χ0v) is 18.4. The fourth-order valence-corrected chi connectivity index (χ4v) is 4.49. The van der Waals surface area contributed by atoms with Gasteiger partial charge in [0.05, 0.1) is 26.2 Å². The molecule has 0 unspecified atom stereocenters. The van der Waals surface area contributed by atoms with Gasteiger partial charge in [0, 0.05) is 5.56 Å². The normalized spacial score (nSPS) is 11.1. The molecule has 2 aromatic rings. The third kappa shape index (κ3) is 4.46. The monoisotopic (exact) mass is 422 g/mol. The van der Waals surface area contributed by atoms with Crippen molar-refractivity contribution in [3.8, 4) is 17.2 Å². The van der Waals surface area contributed by atoms with E-state index in [1.807, 2.05) is 19.9 Å². The first-order chi connectivity index (χ1) is 13.6. The Balaban J connectivity index is 2.34. The first-order valence-corrected chi connectivity index (χ1v) is 10.2. The van der Waals surface area contributed by atoms with Crippen molar-refractivity contribution in [2.24, 2.45) is 0 Å². The lowest BCUT2D eigenvalue weighted by Gasteiger charge is -2.17. The summed E-state index contributed by atoms with van der Waals surface area (Å²) in [4.78, 5) is 14.9. The highest BCUT2D eigenvalue weighted by Crippen LogP contribution is 2.38. The molecule has 2 rings (SSSR count). The molecule has 8 nitrogen and oxygen atoms in total. The minimum atomic E-state index is -3.98. The Morgan fingerprint density at radius 2 is 1.31 bits per heavy atom. The van der Waals surface area contributed by atoms with Crippen LogP contribution in [0, 0.1) is 27.7 Å². The Morgan fingerprint density at radius 1 is 0.828 bits per heavy atom. The Bertz CT molecular complexity index is 996. The van der Waals surface area contributed by atoms with Gasteiger partial charge in [-0.05, 0) is 62.1 Å². The van der Waals surface area contributed by atoms with E-state index in [0.717, 1.165) is 11.1 Å². The van der Waals surface area contributed by atoms with Crippen LogP contribution in [0.2, 0.25) is 0 Å². The largest absolute Gasteiger partial charge is 0.493 e. The van der Waals surface area contributed by atoms with E-state index in [0.29, 0.717) is 16.9 Å². The fraction of sp³-hybridized carbons (Fsp3) is 0.350. The molecule has 1 amide bonds. The van der Waals surface area contributed by atoms with Gasteiger partial charge >= 0.3 is 0 Å². The van der Waals surface area contributed by atoms with Crippen molar-refractivity contribution in [2.45, 2.75) is 32.6 Å². The average molecular weight is 423 g/mol. The number of hydrazine groups is 1. The first-order valence-electron chi connectivity index (χ1n) is 8.76. The number of aryl methyl sites for hydroxylation is 2. The third-order valence-corrected chi connectivity index (χ3v) is 6.31. The van der Waals surface area contributed by atoms with Crippen molar-refractivity contribution < 1.29 is 27.4 Å². The summed E-state index contributed by atoms with van der Waals surface area (Å²) in [7, 11) is 0.312. The summed E-state index contributed by atoms with van der Waals surface area (Å²) in [5, 5.41) is 0. The van der Waals surface area contributed by atoms with Gasteiger partial charge in [0.2, 0.25) is 5.75 Å². The second kappa shape index (κ2) is 8.71. The number of benzene rings is 2. The van der Waals surface area contributed by atoms with Gasteiger partial charge in [-0.3, -0.25) is 10.2 Å². The van der Waals surface area contributed by atoms with Gasteiger partial charge in [-0.15, -0.1) is 4.83 Å². The molecule has 0 spiro atoms. The maximum atomic E-state index is 12.9. The summed E-state index contributed by atoms with van der Waals surface area (Å²) in [6.45, 7) is 7.15. The molecule has 0 heterocycles. The minimum Gasteiger partial charge on any atom is -0.493 e. The Morgan fingerprint density at radius 3 is 1.72 bits per heavy atom. The van der Waals surface area contributed by atoms with E-state index < -0.39 is 15.9 Å². The second-order valence-electron chi connectivity index (χ2n) is 6.56. The molecule has 0 fully saturated rings. The van der Waals surface area contributed by atoms with Gasteiger partial charge in [0.15, 0.2) is 11.5 Å². The van der Waals surface area contributed by atoms with Crippen molar-refractivity contribution in [1.82, 2.24) is 10.3 Å². The average Bonchev–Trinajstić information content (AvgIpc) is 2.69. The van der Waals surface area contributed by atoms with Crippen molar-refractivity contribution in [3.05, 3.63) is 46.0 Å². The zero-order valence-electron chi connectivity index (χ0n) is 17.6. The molecule has 0 radical (unpaired) electrons. The number of amides is 1. The number of ether oxygens (including phenoxy) is 3. The van der Waals surface area contributed by atoms with Crippen molar-refractivity contribution >= 4 is 15.9 Å². The van der Waals surface area contributed by atoms with Crippen molar-refractivity contribution in [1.29, 1.82) is 0 Å². The van der Waals surface area contributed by atoms with E-state index in [4.69, 9.17) is 14.2 Å². The van der Waals surface area contributed by atoms with Crippen LogP contribution in [-0.4, -0.2) is 35.7 Å². The Hall–Kier alpha value is -2.78. The Labute approximate surface area is 171 Å². The van der Waals surface area contributed by atoms with E-state index >= 15 is 0 Å². The molecule has 0 saturated heterocycles. The SMILES string of the molecule is COc1cc(C(=O)NNS(=O)(=O)c2c(C)c(C)cc(C)c2C)cc(OC)c1OC. The highest BCUT2D eigenvalue weighted by atomic mass is 32.2. The lowest BCUT2D eigenvalue weighted by atomic mass is 10.0. The van der Waals surface area contributed by atoms with Crippen LogP contribution in [0.3, 0.4) is 0 Å². The molecule has 2 N–H and O–H groups in total. The van der Waals surface area contributed by atoms with Crippen LogP contribution in [-0.2, 0) is 10.0 Å². The van der Waals surface area contributed by atoms with E-state index in [9.17, 15) is 13.2 Å². The van der Waals surface area contributed by atoms with Crippen LogP contribution < -0.4 is 24.5 Å². The molecule has 9 heteroatoms. The topological polar surface area (TPSA) is 103 Å². The minimum absolute atomic E-state index is 0.135. The molecule has 0 aliphatic carbocycles. The van der Waals surface area contributed by atoms with Crippen LogP contribution in [0.5, 0.6) is 17.2 Å². The van der Waals surface area contributed by atoms with Gasteiger partial charge in [0.25, 0.3) is 15.9 Å². The Kier molecular flexibility index (Phi) is 6.76. The van der Waals surface area contributed by atoms with Crippen LogP contribution in [0.15, 0.2) is 23.1 Å². The van der Waals surface area contributed by atoms with E-state index in [1.54, 1.807) is 13.8 Å². The highest BCUT2D eigenvalue weighted by molar-refractivity contribution is 7.89. The van der Waals surface area contributed by atoms with Gasteiger partial charge in [-0.1, -0.05) is 6.07 Å². The number of carbonyl (C=O) groups is 1. The maximum absolute atomic E-state index is 12.9. The molecule has 0 aromatic heterocycles. The number of hydrogen-bond acceptors (Lipinski definition) is 6. The smallest absolute Gasteiger partial charge is 0.266 e. The van der Waals surface area contributed by atoms with Crippen molar-refractivity contribution in [3.63, 3.8) is 0 Å². The molecule has 0 atom stereocenters. The van der Waals surface area contributed by atoms with E-state index in [1.165, 1.54) is 33.5 Å². The number of hydrogen-bond donors (Lipinski definition) is 2. The summed E-state index contributed by atoms with van der Waals surface area (Å²) in [6, 6.07) is 4.79. The van der Waals surface area contributed by atoms with Crippen LogP contribution in [0.25, 0.3) is 0 Å². The van der Waals surface area contributed by atoms with E-state index in [2.05, 4.69) is 10.3 Å².